The summed E-state index contributed by atoms with van der Waals surface area (Å²) in [5.74, 6) is -1.21. The average molecular weight is 368 g/mol. The quantitative estimate of drug-likeness (QED) is 0.599. The number of para-hydroxylation sites is 3. The van der Waals surface area contributed by atoms with Gasteiger partial charge in [-0.25, -0.2) is 4.79 Å². The first-order chi connectivity index (χ1) is 13.0. The first kappa shape index (κ1) is 19.7. The van der Waals surface area contributed by atoms with Crippen molar-refractivity contribution in [3.05, 3.63) is 66.7 Å². The van der Waals surface area contributed by atoms with Crippen molar-refractivity contribution in [1.29, 1.82) is 0 Å². The lowest BCUT2D eigenvalue weighted by atomic mass is 10.3. The molecule has 7 nitrogen and oxygen atoms in total. The fourth-order valence-electron chi connectivity index (χ4n) is 2.15. The highest BCUT2D eigenvalue weighted by molar-refractivity contribution is 6.04. The normalized spacial score (nSPS) is 10.3. The van der Waals surface area contributed by atoms with E-state index in [1.54, 1.807) is 55.6 Å². The maximum Gasteiger partial charge on any atom is 0.331 e. The van der Waals surface area contributed by atoms with Crippen LogP contribution in [0.25, 0.3) is 0 Å². The lowest BCUT2D eigenvalue weighted by molar-refractivity contribution is -0.142. The van der Waals surface area contributed by atoms with E-state index in [4.69, 9.17) is 9.47 Å². The molecule has 27 heavy (non-hydrogen) atoms. The minimum Gasteiger partial charge on any atom is -0.495 e. The van der Waals surface area contributed by atoms with E-state index in [0.717, 1.165) is 12.2 Å². The smallest absolute Gasteiger partial charge is 0.331 e. The molecule has 0 saturated carbocycles. The van der Waals surface area contributed by atoms with E-state index in [2.05, 4.69) is 5.32 Å². The third-order valence-electron chi connectivity index (χ3n) is 3.56. The number of esters is 1. The molecule has 1 N–H and O–H groups in total. The van der Waals surface area contributed by atoms with Gasteiger partial charge in [-0.05, 0) is 24.3 Å². The zero-order valence-electron chi connectivity index (χ0n) is 15.0. The number of amides is 2. The van der Waals surface area contributed by atoms with Gasteiger partial charge in [0.15, 0.2) is 6.61 Å². The van der Waals surface area contributed by atoms with Crippen LogP contribution in [0, 0.1) is 0 Å². The highest BCUT2D eigenvalue weighted by Crippen LogP contribution is 2.22. The van der Waals surface area contributed by atoms with Crippen LogP contribution >= 0.6 is 0 Å². The van der Waals surface area contributed by atoms with Crippen LogP contribution in [0.2, 0.25) is 0 Å². The Morgan fingerprint density at radius 3 is 2.37 bits per heavy atom. The monoisotopic (exact) mass is 368 g/mol. The third-order valence-corrected chi connectivity index (χ3v) is 3.56. The summed E-state index contributed by atoms with van der Waals surface area (Å²) >= 11 is 0. The fourth-order valence-corrected chi connectivity index (χ4v) is 2.15. The highest BCUT2D eigenvalue weighted by Gasteiger charge is 2.10. The molecule has 0 spiro atoms. The number of rotatable bonds is 7. The second-order valence-corrected chi connectivity index (χ2v) is 5.42. The van der Waals surface area contributed by atoms with E-state index in [9.17, 15) is 14.4 Å². The Morgan fingerprint density at radius 2 is 1.67 bits per heavy atom. The zero-order chi connectivity index (χ0) is 19.6. The van der Waals surface area contributed by atoms with Crippen LogP contribution in [-0.4, -0.2) is 38.5 Å². The summed E-state index contributed by atoms with van der Waals surface area (Å²) in [5.41, 5.74) is 1.16. The van der Waals surface area contributed by atoms with Gasteiger partial charge in [-0.1, -0.05) is 30.3 Å². The first-order valence-electron chi connectivity index (χ1n) is 8.11. The number of ether oxygens (including phenoxy) is 2. The van der Waals surface area contributed by atoms with E-state index in [-0.39, 0.29) is 0 Å². The number of hydrogen-bond donors (Lipinski definition) is 1. The average Bonchev–Trinajstić information content (AvgIpc) is 2.71. The van der Waals surface area contributed by atoms with Gasteiger partial charge in [-0.2, -0.15) is 0 Å². The van der Waals surface area contributed by atoms with Gasteiger partial charge in [-0.3, -0.25) is 9.59 Å². The van der Waals surface area contributed by atoms with Crippen molar-refractivity contribution < 1.29 is 23.9 Å². The SMILES string of the molecule is COc1ccccc1NC(=O)COC(=O)/C=C/C(=O)N(C)c1ccccc1. The molecule has 0 fully saturated rings. The number of carbonyl (C=O) groups is 3. The molecular formula is C20H20N2O5. The van der Waals surface area contributed by atoms with E-state index >= 15 is 0 Å². The Bertz CT molecular complexity index is 833. The minimum absolute atomic E-state index is 0.392. The molecule has 0 aliphatic rings. The van der Waals surface area contributed by atoms with Crippen molar-refractivity contribution in [3.63, 3.8) is 0 Å². The summed E-state index contributed by atoms with van der Waals surface area (Å²) in [6.45, 7) is -0.482. The van der Waals surface area contributed by atoms with E-state index in [1.165, 1.54) is 12.0 Å². The van der Waals surface area contributed by atoms with Gasteiger partial charge in [-0.15, -0.1) is 0 Å². The predicted molar refractivity (Wildman–Crippen MR) is 102 cm³/mol. The second kappa shape index (κ2) is 9.76. The number of nitrogens with one attached hydrogen (secondary N) is 1. The van der Waals surface area contributed by atoms with Crippen molar-refractivity contribution in [2.75, 3.05) is 31.0 Å². The Labute approximate surface area is 157 Å². The van der Waals surface area contributed by atoms with E-state index in [0.29, 0.717) is 17.1 Å². The fraction of sp³-hybridized carbons (Fsp3) is 0.150. The van der Waals surface area contributed by atoms with Crippen molar-refractivity contribution in [3.8, 4) is 5.75 Å². The van der Waals surface area contributed by atoms with Crippen LogP contribution in [0.4, 0.5) is 11.4 Å². The summed E-state index contributed by atoms with van der Waals surface area (Å²) in [6.07, 6.45) is 2.08. The van der Waals surface area contributed by atoms with Crippen LogP contribution in [0.15, 0.2) is 66.7 Å². The molecule has 0 heterocycles. The predicted octanol–water partition coefficient (Wildman–Crippen LogP) is 2.40. The molecule has 140 valence electrons. The van der Waals surface area contributed by atoms with Crippen molar-refractivity contribution in [1.82, 2.24) is 0 Å². The molecular weight excluding hydrogens is 348 g/mol. The number of anilines is 2. The Balaban J connectivity index is 1.82. The number of benzene rings is 2. The number of likely N-dealkylation sites (N-methyl/N-ethyl adjacent to an activating group) is 1. The number of methoxy groups -OCH3 is 1. The third kappa shape index (κ3) is 6.00. The molecule has 2 rings (SSSR count). The maximum atomic E-state index is 12.0. The summed E-state index contributed by atoms with van der Waals surface area (Å²) in [5, 5.41) is 2.58. The molecule has 2 aromatic carbocycles. The molecule has 0 saturated heterocycles. The molecule has 0 aromatic heterocycles. The largest absolute Gasteiger partial charge is 0.495 e. The highest BCUT2D eigenvalue weighted by atomic mass is 16.5. The molecule has 0 radical (unpaired) electrons. The summed E-state index contributed by atoms with van der Waals surface area (Å²) in [7, 11) is 3.08. The van der Waals surface area contributed by atoms with E-state index in [1.807, 2.05) is 6.07 Å². The van der Waals surface area contributed by atoms with Crippen LogP contribution in [0.1, 0.15) is 0 Å². The van der Waals surface area contributed by atoms with Crippen LogP contribution < -0.4 is 15.0 Å². The maximum absolute atomic E-state index is 12.0. The Hall–Kier alpha value is -3.61. The first-order valence-corrected chi connectivity index (χ1v) is 8.11. The molecule has 2 amide bonds. The van der Waals surface area contributed by atoms with Crippen molar-refractivity contribution in [2.45, 2.75) is 0 Å². The van der Waals surface area contributed by atoms with Crippen molar-refractivity contribution in [2.24, 2.45) is 0 Å². The summed E-state index contributed by atoms with van der Waals surface area (Å²) in [4.78, 5) is 37.0. The lowest BCUT2D eigenvalue weighted by Crippen LogP contribution is -2.24. The number of hydrogen-bond acceptors (Lipinski definition) is 5. The topological polar surface area (TPSA) is 84.9 Å². The summed E-state index contributed by atoms with van der Waals surface area (Å²) in [6, 6.07) is 15.8. The molecule has 7 heteroatoms. The van der Waals surface area contributed by atoms with Gasteiger partial charge in [0.05, 0.1) is 12.8 Å². The van der Waals surface area contributed by atoms with Gasteiger partial charge in [0.25, 0.3) is 11.8 Å². The van der Waals surface area contributed by atoms with Gasteiger partial charge in [0, 0.05) is 24.9 Å². The molecule has 0 aliphatic carbocycles. The van der Waals surface area contributed by atoms with Crippen LogP contribution in [0.3, 0.4) is 0 Å². The summed E-state index contributed by atoms with van der Waals surface area (Å²) < 4.78 is 9.96. The van der Waals surface area contributed by atoms with Gasteiger partial charge in [0.1, 0.15) is 5.75 Å². The van der Waals surface area contributed by atoms with E-state index < -0.39 is 24.4 Å². The Morgan fingerprint density at radius 1 is 1.00 bits per heavy atom. The zero-order valence-corrected chi connectivity index (χ0v) is 15.0. The number of carbonyl (C=O) groups excluding carboxylic acids is 3. The van der Waals surface area contributed by atoms with Crippen molar-refractivity contribution >= 4 is 29.2 Å². The minimum atomic E-state index is -0.792. The lowest BCUT2D eigenvalue weighted by Gasteiger charge is -2.14. The van der Waals surface area contributed by atoms with Gasteiger partial charge < -0.3 is 19.7 Å². The van der Waals surface area contributed by atoms with Gasteiger partial charge >= 0.3 is 5.97 Å². The molecule has 2 aromatic rings. The standard InChI is InChI=1S/C20H20N2O5/c1-22(15-8-4-3-5-9-15)19(24)12-13-20(25)27-14-18(23)21-16-10-6-7-11-17(16)26-2/h3-13H,14H2,1-2H3,(H,21,23)/b13-12+. The Kier molecular flexibility index (Phi) is 7.13. The second-order valence-electron chi connectivity index (χ2n) is 5.42. The molecule has 0 atom stereocenters. The molecule has 0 bridgehead atoms. The van der Waals surface area contributed by atoms with Gasteiger partial charge in [0.2, 0.25) is 0 Å². The van der Waals surface area contributed by atoms with Crippen LogP contribution in [0.5, 0.6) is 5.75 Å². The number of nitrogens with zero attached hydrogens (tertiary/aromatic N) is 1. The molecule has 0 unspecified atom stereocenters. The van der Waals surface area contributed by atoms with Crippen LogP contribution in [-0.2, 0) is 19.1 Å². The molecule has 0 aliphatic heterocycles.